The predicted molar refractivity (Wildman–Crippen MR) is 96.0 cm³/mol. The van der Waals surface area contributed by atoms with Gasteiger partial charge < -0.3 is 9.88 Å². The van der Waals surface area contributed by atoms with Crippen molar-refractivity contribution in [3.63, 3.8) is 0 Å². The lowest BCUT2D eigenvalue weighted by molar-refractivity contribution is 0.549. The third kappa shape index (κ3) is 3.04. The van der Waals surface area contributed by atoms with Crippen LogP contribution in [0, 0.1) is 30.2 Å². The SMILES string of the molecule is Cc1cc(F)ccc1-c1nc(Nc2c(F)cc(F)cc2F)c2ncn(C)c2n1. The highest BCUT2D eigenvalue weighted by Crippen LogP contribution is 2.30. The van der Waals surface area contributed by atoms with E-state index >= 15 is 0 Å². The minimum atomic E-state index is -1.11. The first-order valence-corrected chi connectivity index (χ1v) is 8.20. The molecule has 2 heterocycles. The van der Waals surface area contributed by atoms with Crippen molar-refractivity contribution in [1.29, 1.82) is 0 Å². The van der Waals surface area contributed by atoms with Crippen LogP contribution in [0.3, 0.4) is 0 Å². The van der Waals surface area contributed by atoms with Gasteiger partial charge in [0.25, 0.3) is 0 Å². The fourth-order valence-corrected chi connectivity index (χ4v) is 2.87. The van der Waals surface area contributed by atoms with Crippen molar-refractivity contribution in [2.45, 2.75) is 6.92 Å². The molecule has 9 heteroatoms. The van der Waals surface area contributed by atoms with Gasteiger partial charge in [-0.3, -0.25) is 0 Å². The topological polar surface area (TPSA) is 55.6 Å². The van der Waals surface area contributed by atoms with E-state index in [-0.39, 0.29) is 17.2 Å². The summed E-state index contributed by atoms with van der Waals surface area (Å²) >= 11 is 0. The molecular formula is C19H13F4N5. The van der Waals surface area contributed by atoms with E-state index in [1.54, 1.807) is 18.5 Å². The molecule has 0 unspecified atom stereocenters. The standard InChI is InChI=1S/C19H13F4N5/c1-9-5-10(20)3-4-12(9)17-26-18(16-19(27-17)28(2)8-24-16)25-15-13(22)6-11(21)7-14(15)23/h3-8H,1-2H3,(H,25,26,27). The number of imidazole rings is 1. The highest BCUT2D eigenvalue weighted by Gasteiger charge is 2.18. The molecule has 0 aliphatic heterocycles. The Balaban J connectivity index is 1.91. The number of fused-ring (bicyclic) bond motifs is 1. The Morgan fingerprint density at radius 3 is 2.32 bits per heavy atom. The van der Waals surface area contributed by atoms with Gasteiger partial charge in [0.1, 0.15) is 17.3 Å². The largest absolute Gasteiger partial charge is 0.333 e. The molecule has 5 nitrogen and oxygen atoms in total. The van der Waals surface area contributed by atoms with Gasteiger partial charge in [-0.1, -0.05) is 0 Å². The third-order valence-electron chi connectivity index (χ3n) is 4.24. The molecule has 28 heavy (non-hydrogen) atoms. The van der Waals surface area contributed by atoms with Gasteiger partial charge in [0, 0.05) is 24.7 Å². The first kappa shape index (κ1) is 17.9. The number of nitrogens with one attached hydrogen (secondary N) is 1. The van der Waals surface area contributed by atoms with E-state index in [1.807, 2.05) is 0 Å². The van der Waals surface area contributed by atoms with E-state index in [2.05, 4.69) is 20.3 Å². The van der Waals surface area contributed by atoms with Crippen LogP contribution in [0.1, 0.15) is 5.56 Å². The van der Waals surface area contributed by atoms with E-state index in [9.17, 15) is 17.6 Å². The van der Waals surface area contributed by atoms with Crippen LogP contribution in [0.5, 0.6) is 0 Å². The Bertz CT molecular complexity index is 1200. The molecule has 4 aromatic rings. The molecule has 0 bridgehead atoms. The van der Waals surface area contributed by atoms with Gasteiger partial charge in [-0.25, -0.2) is 32.5 Å². The van der Waals surface area contributed by atoms with Gasteiger partial charge in [-0.15, -0.1) is 0 Å². The molecule has 0 aliphatic rings. The molecule has 0 saturated heterocycles. The smallest absolute Gasteiger partial charge is 0.165 e. The zero-order valence-electron chi connectivity index (χ0n) is 14.8. The summed E-state index contributed by atoms with van der Waals surface area (Å²) in [6, 6.07) is 5.25. The van der Waals surface area contributed by atoms with Crippen LogP contribution >= 0.6 is 0 Å². The molecule has 2 aromatic heterocycles. The van der Waals surface area contributed by atoms with Crippen LogP contribution in [-0.2, 0) is 7.05 Å². The molecule has 4 rings (SSSR count). The van der Waals surface area contributed by atoms with Gasteiger partial charge in [0.05, 0.1) is 6.33 Å². The Kier molecular flexibility index (Phi) is 4.21. The second kappa shape index (κ2) is 6.59. The number of nitrogens with zero attached hydrogens (tertiary/aromatic N) is 4. The second-order valence-corrected chi connectivity index (χ2v) is 6.25. The second-order valence-electron chi connectivity index (χ2n) is 6.25. The number of aromatic nitrogens is 4. The maximum atomic E-state index is 14.1. The number of hydrogen-bond donors (Lipinski definition) is 1. The third-order valence-corrected chi connectivity index (χ3v) is 4.24. The van der Waals surface area contributed by atoms with Crippen LogP contribution in [0.2, 0.25) is 0 Å². The summed E-state index contributed by atoms with van der Waals surface area (Å²) in [6.45, 7) is 1.70. The van der Waals surface area contributed by atoms with Gasteiger partial charge in [-0.05, 0) is 30.7 Å². The summed E-state index contributed by atoms with van der Waals surface area (Å²) in [5.41, 5.74) is 1.25. The van der Waals surface area contributed by atoms with Crippen molar-refractivity contribution in [2.24, 2.45) is 7.05 Å². The number of hydrogen-bond acceptors (Lipinski definition) is 4. The average Bonchev–Trinajstić information content (AvgIpc) is 2.99. The van der Waals surface area contributed by atoms with Gasteiger partial charge >= 0.3 is 0 Å². The van der Waals surface area contributed by atoms with Crippen molar-refractivity contribution >= 4 is 22.7 Å². The van der Waals surface area contributed by atoms with Crippen molar-refractivity contribution in [3.8, 4) is 11.4 Å². The zero-order chi connectivity index (χ0) is 20.0. The van der Waals surface area contributed by atoms with Crippen LogP contribution in [0.15, 0.2) is 36.7 Å². The maximum absolute atomic E-state index is 14.1. The fraction of sp³-hybridized carbons (Fsp3) is 0.105. The lowest BCUT2D eigenvalue weighted by Gasteiger charge is -2.11. The lowest BCUT2D eigenvalue weighted by atomic mass is 10.1. The molecule has 0 saturated carbocycles. The monoisotopic (exact) mass is 387 g/mol. The number of aryl methyl sites for hydroxylation is 2. The van der Waals surface area contributed by atoms with Crippen molar-refractivity contribution in [1.82, 2.24) is 19.5 Å². The van der Waals surface area contributed by atoms with Gasteiger partial charge in [0.2, 0.25) is 0 Å². The Morgan fingerprint density at radius 1 is 0.929 bits per heavy atom. The Morgan fingerprint density at radius 2 is 1.64 bits per heavy atom. The van der Waals surface area contributed by atoms with E-state index in [0.717, 1.165) is 0 Å². The maximum Gasteiger partial charge on any atom is 0.165 e. The normalized spacial score (nSPS) is 11.2. The van der Waals surface area contributed by atoms with Crippen LogP contribution in [-0.4, -0.2) is 19.5 Å². The quantitative estimate of drug-likeness (QED) is 0.521. The molecule has 0 spiro atoms. The fourth-order valence-electron chi connectivity index (χ4n) is 2.87. The summed E-state index contributed by atoms with van der Waals surface area (Å²) in [7, 11) is 1.70. The van der Waals surface area contributed by atoms with Crippen molar-refractivity contribution < 1.29 is 17.6 Å². The predicted octanol–water partition coefficient (Wildman–Crippen LogP) is 4.64. The summed E-state index contributed by atoms with van der Waals surface area (Å²) in [5.74, 6) is -3.40. The van der Waals surface area contributed by atoms with E-state index in [0.29, 0.717) is 28.9 Å². The lowest BCUT2D eigenvalue weighted by Crippen LogP contribution is -2.04. The molecule has 1 N–H and O–H groups in total. The average molecular weight is 387 g/mol. The molecule has 0 radical (unpaired) electrons. The van der Waals surface area contributed by atoms with Gasteiger partial charge in [0.15, 0.2) is 34.4 Å². The van der Waals surface area contributed by atoms with E-state index in [4.69, 9.17) is 0 Å². The Labute approximate surface area is 156 Å². The van der Waals surface area contributed by atoms with Crippen LogP contribution in [0.25, 0.3) is 22.6 Å². The molecule has 0 amide bonds. The molecule has 0 fully saturated rings. The molecule has 0 aliphatic carbocycles. The zero-order valence-corrected chi connectivity index (χ0v) is 14.8. The summed E-state index contributed by atoms with van der Waals surface area (Å²) in [4.78, 5) is 12.9. The minimum Gasteiger partial charge on any atom is -0.333 e. The molecule has 142 valence electrons. The summed E-state index contributed by atoms with van der Waals surface area (Å²) in [6.07, 6.45) is 1.48. The highest BCUT2D eigenvalue weighted by atomic mass is 19.1. The number of anilines is 2. The number of rotatable bonds is 3. The molecular weight excluding hydrogens is 374 g/mol. The van der Waals surface area contributed by atoms with E-state index < -0.39 is 29.0 Å². The first-order chi connectivity index (χ1) is 13.3. The Hall–Kier alpha value is -3.49. The molecule has 0 atom stereocenters. The van der Waals surface area contributed by atoms with Crippen LogP contribution < -0.4 is 5.32 Å². The van der Waals surface area contributed by atoms with Crippen molar-refractivity contribution in [3.05, 3.63) is 65.5 Å². The van der Waals surface area contributed by atoms with Gasteiger partial charge in [-0.2, -0.15) is 0 Å². The molecule has 2 aromatic carbocycles. The first-order valence-electron chi connectivity index (χ1n) is 8.20. The van der Waals surface area contributed by atoms with Crippen molar-refractivity contribution in [2.75, 3.05) is 5.32 Å². The van der Waals surface area contributed by atoms with Crippen LogP contribution in [0.4, 0.5) is 29.1 Å². The van der Waals surface area contributed by atoms with E-state index in [1.165, 1.54) is 24.5 Å². The number of halogens is 4. The summed E-state index contributed by atoms with van der Waals surface area (Å²) < 4.78 is 56.4. The minimum absolute atomic E-state index is 0.0359. The summed E-state index contributed by atoms with van der Waals surface area (Å²) in [5, 5.41) is 2.55. The number of benzene rings is 2. The highest BCUT2D eigenvalue weighted by molar-refractivity contribution is 5.87.